The van der Waals surface area contributed by atoms with Crippen molar-refractivity contribution < 1.29 is 4.92 Å². The van der Waals surface area contributed by atoms with Gasteiger partial charge in [-0.3, -0.25) is 10.1 Å². The zero-order valence-corrected chi connectivity index (χ0v) is 12.1. The molecule has 0 saturated carbocycles. The summed E-state index contributed by atoms with van der Waals surface area (Å²) in [6.45, 7) is 2.07. The van der Waals surface area contributed by atoms with E-state index in [2.05, 4.69) is 17.2 Å². The molecule has 0 fully saturated rings. The summed E-state index contributed by atoms with van der Waals surface area (Å²) in [5, 5.41) is 14.7. The van der Waals surface area contributed by atoms with Crippen LogP contribution in [0.1, 0.15) is 18.5 Å². The minimum atomic E-state index is -0.399. The number of rotatable bonds is 5. The number of hydrogen-bond donors (Lipinski definition) is 1. The summed E-state index contributed by atoms with van der Waals surface area (Å²) in [7, 11) is 1.90. The number of aromatic nitrogens is 1. The maximum Gasteiger partial charge on any atom is 0.269 e. The molecular formula is C14H15N3O2S. The number of benzene rings is 1. The molecular weight excluding hydrogens is 274 g/mol. The number of nitro benzene ring substituents is 1. The third-order valence-electron chi connectivity index (χ3n) is 2.96. The first-order chi connectivity index (χ1) is 9.61. The third kappa shape index (κ3) is 3.34. The second kappa shape index (κ2) is 6.49. The lowest BCUT2D eigenvalue weighted by molar-refractivity contribution is -0.384. The van der Waals surface area contributed by atoms with E-state index in [1.807, 2.05) is 19.2 Å². The Morgan fingerprint density at radius 2 is 2.00 bits per heavy atom. The van der Waals surface area contributed by atoms with Crippen LogP contribution in [0.4, 0.5) is 5.69 Å². The van der Waals surface area contributed by atoms with Crippen LogP contribution in [0.3, 0.4) is 0 Å². The SMILES string of the molecule is CNC(C)c1cccnc1Sc1ccc([N+](=O)[O-])cc1. The molecule has 0 bridgehead atoms. The lowest BCUT2D eigenvalue weighted by Crippen LogP contribution is -2.13. The fourth-order valence-corrected chi connectivity index (χ4v) is 2.69. The van der Waals surface area contributed by atoms with E-state index in [9.17, 15) is 10.1 Å². The average Bonchev–Trinajstić information content (AvgIpc) is 2.47. The van der Waals surface area contributed by atoms with Gasteiger partial charge in [0, 0.05) is 34.8 Å². The number of nitro groups is 1. The molecule has 20 heavy (non-hydrogen) atoms. The molecule has 0 radical (unpaired) electrons. The van der Waals surface area contributed by atoms with E-state index in [4.69, 9.17) is 0 Å². The van der Waals surface area contributed by atoms with Gasteiger partial charge in [-0.25, -0.2) is 4.98 Å². The lowest BCUT2D eigenvalue weighted by Gasteiger charge is -2.14. The molecule has 5 nitrogen and oxygen atoms in total. The summed E-state index contributed by atoms with van der Waals surface area (Å²) in [5.41, 5.74) is 1.21. The molecule has 1 aromatic heterocycles. The Kier molecular flexibility index (Phi) is 4.70. The highest BCUT2D eigenvalue weighted by molar-refractivity contribution is 7.99. The van der Waals surface area contributed by atoms with Gasteiger partial charge in [0.1, 0.15) is 5.03 Å². The van der Waals surface area contributed by atoms with E-state index >= 15 is 0 Å². The van der Waals surface area contributed by atoms with Gasteiger partial charge < -0.3 is 5.32 Å². The number of nitrogens with one attached hydrogen (secondary N) is 1. The highest BCUT2D eigenvalue weighted by Gasteiger charge is 2.11. The summed E-state index contributed by atoms with van der Waals surface area (Å²) in [6.07, 6.45) is 1.75. The molecule has 1 heterocycles. The molecule has 1 N–H and O–H groups in total. The molecule has 0 amide bonds. The molecule has 0 aliphatic heterocycles. The number of nitrogens with zero attached hydrogens (tertiary/aromatic N) is 2. The van der Waals surface area contributed by atoms with Crippen LogP contribution in [0, 0.1) is 10.1 Å². The summed E-state index contributed by atoms with van der Waals surface area (Å²) < 4.78 is 0. The van der Waals surface area contributed by atoms with Crippen LogP contribution in [0.25, 0.3) is 0 Å². The van der Waals surface area contributed by atoms with Crippen molar-refractivity contribution in [2.75, 3.05) is 7.05 Å². The Morgan fingerprint density at radius 1 is 1.30 bits per heavy atom. The van der Waals surface area contributed by atoms with Gasteiger partial charge in [0.2, 0.25) is 0 Å². The molecule has 6 heteroatoms. The minimum absolute atomic E-state index is 0.0965. The molecule has 0 aliphatic carbocycles. The molecule has 0 aliphatic rings. The van der Waals surface area contributed by atoms with Crippen molar-refractivity contribution in [3.8, 4) is 0 Å². The van der Waals surface area contributed by atoms with E-state index in [0.29, 0.717) is 0 Å². The largest absolute Gasteiger partial charge is 0.313 e. The van der Waals surface area contributed by atoms with E-state index in [1.165, 1.54) is 23.9 Å². The Bertz CT molecular complexity index is 602. The molecule has 104 valence electrons. The number of hydrogen-bond acceptors (Lipinski definition) is 5. The minimum Gasteiger partial charge on any atom is -0.313 e. The summed E-state index contributed by atoms with van der Waals surface area (Å²) >= 11 is 1.50. The van der Waals surface area contributed by atoms with Crippen LogP contribution in [-0.2, 0) is 0 Å². The topological polar surface area (TPSA) is 68.1 Å². The van der Waals surface area contributed by atoms with E-state index < -0.39 is 4.92 Å². The van der Waals surface area contributed by atoms with Gasteiger partial charge in [-0.15, -0.1) is 0 Å². The number of non-ortho nitro benzene ring substituents is 1. The third-order valence-corrected chi connectivity index (χ3v) is 4.00. The Balaban J connectivity index is 2.23. The average molecular weight is 289 g/mol. The van der Waals surface area contributed by atoms with Gasteiger partial charge in [-0.2, -0.15) is 0 Å². The fourth-order valence-electron chi connectivity index (χ4n) is 1.72. The number of pyridine rings is 1. The maximum atomic E-state index is 10.6. The quantitative estimate of drug-likeness (QED) is 0.674. The van der Waals surface area contributed by atoms with Crippen LogP contribution < -0.4 is 5.32 Å². The van der Waals surface area contributed by atoms with Gasteiger partial charge in [-0.05, 0) is 32.2 Å². The standard InChI is InChI=1S/C14H15N3O2S/c1-10(15-2)13-4-3-9-16-14(13)20-12-7-5-11(6-8-12)17(18)19/h3-10,15H,1-2H3. The first-order valence-electron chi connectivity index (χ1n) is 6.16. The smallest absolute Gasteiger partial charge is 0.269 e. The second-order valence-electron chi connectivity index (χ2n) is 4.26. The molecule has 1 aromatic carbocycles. The van der Waals surface area contributed by atoms with Crippen molar-refractivity contribution >= 4 is 17.4 Å². The molecule has 1 unspecified atom stereocenters. The van der Waals surface area contributed by atoms with Crippen LogP contribution >= 0.6 is 11.8 Å². The van der Waals surface area contributed by atoms with Crippen molar-refractivity contribution in [3.05, 3.63) is 58.3 Å². The Morgan fingerprint density at radius 3 is 2.60 bits per heavy atom. The fraction of sp³-hybridized carbons (Fsp3) is 0.214. The molecule has 1 atom stereocenters. The summed E-state index contributed by atoms with van der Waals surface area (Å²) in [5.74, 6) is 0. The first-order valence-corrected chi connectivity index (χ1v) is 6.98. The first kappa shape index (κ1) is 14.5. The lowest BCUT2D eigenvalue weighted by atomic mass is 10.1. The maximum absolute atomic E-state index is 10.6. The Labute approximate surface area is 121 Å². The van der Waals surface area contributed by atoms with Gasteiger partial charge in [0.25, 0.3) is 5.69 Å². The van der Waals surface area contributed by atoms with Crippen molar-refractivity contribution in [2.24, 2.45) is 0 Å². The van der Waals surface area contributed by atoms with Gasteiger partial charge in [0.05, 0.1) is 4.92 Å². The van der Waals surface area contributed by atoms with Gasteiger partial charge in [-0.1, -0.05) is 17.8 Å². The predicted octanol–water partition coefficient (Wildman–Crippen LogP) is 3.42. The van der Waals surface area contributed by atoms with E-state index in [1.54, 1.807) is 18.3 Å². The molecule has 2 rings (SSSR count). The molecule has 2 aromatic rings. The van der Waals surface area contributed by atoms with Crippen molar-refractivity contribution in [2.45, 2.75) is 22.9 Å². The summed E-state index contributed by atoms with van der Waals surface area (Å²) in [6, 6.07) is 10.6. The highest BCUT2D eigenvalue weighted by Crippen LogP contribution is 2.32. The van der Waals surface area contributed by atoms with Crippen molar-refractivity contribution in [3.63, 3.8) is 0 Å². The predicted molar refractivity (Wildman–Crippen MR) is 78.9 cm³/mol. The summed E-state index contributed by atoms with van der Waals surface area (Å²) in [4.78, 5) is 15.6. The zero-order chi connectivity index (χ0) is 14.5. The van der Waals surface area contributed by atoms with Crippen LogP contribution in [0.15, 0.2) is 52.5 Å². The van der Waals surface area contributed by atoms with Crippen LogP contribution in [-0.4, -0.2) is 17.0 Å². The van der Waals surface area contributed by atoms with Gasteiger partial charge in [0.15, 0.2) is 0 Å². The normalized spacial score (nSPS) is 12.1. The highest BCUT2D eigenvalue weighted by atomic mass is 32.2. The van der Waals surface area contributed by atoms with E-state index in [0.717, 1.165) is 15.5 Å². The van der Waals surface area contributed by atoms with Crippen LogP contribution in [0.2, 0.25) is 0 Å². The molecule has 0 spiro atoms. The van der Waals surface area contributed by atoms with Crippen molar-refractivity contribution in [1.29, 1.82) is 0 Å². The van der Waals surface area contributed by atoms with Crippen LogP contribution in [0.5, 0.6) is 0 Å². The van der Waals surface area contributed by atoms with E-state index in [-0.39, 0.29) is 11.7 Å². The second-order valence-corrected chi connectivity index (χ2v) is 5.32. The monoisotopic (exact) mass is 289 g/mol. The molecule has 0 saturated heterocycles. The Hall–Kier alpha value is -1.92. The van der Waals surface area contributed by atoms with Gasteiger partial charge >= 0.3 is 0 Å². The zero-order valence-electron chi connectivity index (χ0n) is 11.2. The van der Waals surface area contributed by atoms with Crippen molar-refractivity contribution in [1.82, 2.24) is 10.3 Å².